The second-order valence-electron chi connectivity index (χ2n) is 7.62. The van der Waals surface area contributed by atoms with E-state index in [2.05, 4.69) is 10.4 Å². The van der Waals surface area contributed by atoms with Crippen LogP contribution in [0.25, 0.3) is 0 Å². The number of benzene rings is 1. The van der Waals surface area contributed by atoms with E-state index in [1.165, 1.54) is 14.2 Å². The molecule has 1 aromatic heterocycles. The molecule has 2 aromatic rings. The number of nitrogens with one attached hydrogen (secondary N) is 1. The van der Waals surface area contributed by atoms with Gasteiger partial charge in [0.2, 0.25) is 0 Å². The number of carbonyl (C=O) groups excluding carboxylic acids is 1. The van der Waals surface area contributed by atoms with Gasteiger partial charge in [0.25, 0.3) is 5.91 Å². The number of anilines is 1. The Morgan fingerprint density at radius 2 is 1.93 bits per heavy atom. The summed E-state index contributed by atoms with van der Waals surface area (Å²) >= 11 is 6.15. The zero-order valence-corrected chi connectivity index (χ0v) is 18.5. The number of ether oxygens (including phenoxy) is 2. The summed E-state index contributed by atoms with van der Waals surface area (Å²) in [5.41, 5.74) is 2.65. The molecular formula is C20H24ClN3O5S. The normalized spacial score (nSPS) is 19.9. The smallest absolute Gasteiger partial charge is 0.276 e. The van der Waals surface area contributed by atoms with Crippen molar-refractivity contribution in [1.82, 2.24) is 9.78 Å². The standard InChI is InChI=1S/C20H24ClN3O5S/c1-28-17-10-15(18(29-2)9-14(17)21)22-20(25)19-13-5-3-4-6-16(13)24(23-19)12-7-8-30(26,27)11-12/h9-10,12H,3-8,11H2,1-2H3,(H,22,25)/t12-/m1/s1. The van der Waals surface area contributed by atoms with Crippen molar-refractivity contribution in [2.75, 3.05) is 31.0 Å². The summed E-state index contributed by atoms with van der Waals surface area (Å²) in [5.74, 6) is 0.691. The zero-order chi connectivity index (χ0) is 21.5. The van der Waals surface area contributed by atoms with E-state index in [-0.39, 0.29) is 23.5 Å². The fourth-order valence-electron chi connectivity index (χ4n) is 4.22. The number of hydrogen-bond donors (Lipinski definition) is 1. The van der Waals surface area contributed by atoms with Crippen molar-refractivity contribution in [3.63, 3.8) is 0 Å². The van der Waals surface area contributed by atoms with Gasteiger partial charge >= 0.3 is 0 Å². The van der Waals surface area contributed by atoms with Crippen LogP contribution in [0, 0.1) is 0 Å². The van der Waals surface area contributed by atoms with Crippen molar-refractivity contribution in [2.24, 2.45) is 0 Å². The third-order valence-electron chi connectivity index (χ3n) is 5.70. The number of amides is 1. The highest BCUT2D eigenvalue weighted by Gasteiger charge is 2.34. The van der Waals surface area contributed by atoms with Crippen LogP contribution in [0.4, 0.5) is 5.69 Å². The lowest BCUT2D eigenvalue weighted by Crippen LogP contribution is -2.17. The van der Waals surface area contributed by atoms with Gasteiger partial charge in [-0.3, -0.25) is 9.48 Å². The molecule has 1 aliphatic carbocycles. The highest BCUT2D eigenvalue weighted by Crippen LogP contribution is 2.37. The molecule has 1 saturated heterocycles. The number of methoxy groups -OCH3 is 2. The van der Waals surface area contributed by atoms with E-state index in [1.807, 2.05) is 0 Å². The molecule has 0 unspecified atom stereocenters. The number of rotatable bonds is 5. The third kappa shape index (κ3) is 3.88. The summed E-state index contributed by atoms with van der Waals surface area (Å²) in [7, 11) is -0.0708. The first-order chi connectivity index (χ1) is 14.3. The Morgan fingerprint density at radius 3 is 2.60 bits per heavy atom. The Bertz CT molecular complexity index is 1100. The molecule has 1 fully saturated rings. The van der Waals surface area contributed by atoms with Crippen LogP contribution in [0.3, 0.4) is 0 Å². The molecule has 0 radical (unpaired) electrons. The summed E-state index contributed by atoms with van der Waals surface area (Å²) in [5, 5.41) is 7.82. The predicted octanol–water partition coefficient (Wildman–Crippen LogP) is 3.04. The van der Waals surface area contributed by atoms with E-state index in [0.717, 1.165) is 36.9 Å². The maximum Gasteiger partial charge on any atom is 0.276 e. The van der Waals surface area contributed by atoms with Crippen molar-refractivity contribution in [1.29, 1.82) is 0 Å². The van der Waals surface area contributed by atoms with Crippen LogP contribution in [0.2, 0.25) is 5.02 Å². The number of sulfone groups is 1. The van der Waals surface area contributed by atoms with Gasteiger partial charge in [0.05, 0.1) is 42.5 Å². The maximum atomic E-state index is 13.2. The van der Waals surface area contributed by atoms with Crippen LogP contribution in [0.1, 0.15) is 47.1 Å². The van der Waals surface area contributed by atoms with E-state index in [0.29, 0.717) is 34.3 Å². The second kappa shape index (κ2) is 8.11. The quantitative estimate of drug-likeness (QED) is 0.746. The molecule has 2 heterocycles. The fourth-order valence-corrected chi connectivity index (χ4v) is 6.14. The molecule has 1 atom stereocenters. The highest BCUT2D eigenvalue weighted by molar-refractivity contribution is 7.91. The van der Waals surface area contributed by atoms with Crippen LogP contribution in [-0.4, -0.2) is 49.8 Å². The number of carbonyl (C=O) groups is 1. The van der Waals surface area contributed by atoms with Gasteiger partial charge in [0.1, 0.15) is 11.5 Å². The fraction of sp³-hybridized carbons (Fsp3) is 0.500. The zero-order valence-electron chi connectivity index (χ0n) is 16.9. The maximum absolute atomic E-state index is 13.2. The lowest BCUT2D eigenvalue weighted by Gasteiger charge is -2.17. The van der Waals surface area contributed by atoms with Crippen molar-refractivity contribution >= 4 is 33.0 Å². The van der Waals surface area contributed by atoms with Crippen LogP contribution >= 0.6 is 11.6 Å². The Balaban J connectivity index is 1.68. The van der Waals surface area contributed by atoms with Crippen molar-refractivity contribution in [2.45, 2.75) is 38.1 Å². The average molecular weight is 454 g/mol. The minimum Gasteiger partial charge on any atom is -0.495 e. The highest BCUT2D eigenvalue weighted by atomic mass is 35.5. The summed E-state index contributed by atoms with van der Waals surface area (Å²) in [4.78, 5) is 13.2. The SMILES string of the molecule is COc1cc(NC(=O)c2nn([C@@H]3CCS(=O)(=O)C3)c3c2CCCC3)c(OC)cc1Cl. The molecule has 1 aliphatic heterocycles. The van der Waals surface area contributed by atoms with E-state index in [4.69, 9.17) is 21.1 Å². The lowest BCUT2D eigenvalue weighted by atomic mass is 9.95. The molecule has 0 spiro atoms. The predicted molar refractivity (Wildman–Crippen MR) is 114 cm³/mol. The van der Waals surface area contributed by atoms with Gasteiger partial charge < -0.3 is 14.8 Å². The largest absolute Gasteiger partial charge is 0.495 e. The Labute approximate surface area is 180 Å². The average Bonchev–Trinajstić information content (AvgIpc) is 3.28. The van der Waals surface area contributed by atoms with E-state index in [1.54, 1.807) is 16.8 Å². The molecule has 0 bridgehead atoms. The van der Waals surface area contributed by atoms with Crippen LogP contribution in [-0.2, 0) is 22.7 Å². The summed E-state index contributed by atoms with van der Waals surface area (Å²) in [6.45, 7) is 0. The minimum absolute atomic E-state index is 0.0738. The number of halogens is 1. The number of aromatic nitrogens is 2. The van der Waals surface area contributed by atoms with Gasteiger partial charge in [-0.05, 0) is 32.1 Å². The molecule has 0 saturated carbocycles. The molecule has 4 rings (SSSR count). The van der Waals surface area contributed by atoms with Crippen LogP contribution in [0.5, 0.6) is 11.5 Å². The van der Waals surface area contributed by atoms with Crippen molar-refractivity contribution in [3.8, 4) is 11.5 Å². The number of nitrogens with zero attached hydrogens (tertiary/aromatic N) is 2. The van der Waals surface area contributed by atoms with E-state index < -0.39 is 9.84 Å². The van der Waals surface area contributed by atoms with Gasteiger partial charge in [-0.15, -0.1) is 0 Å². The molecular weight excluding hydrogens is 430 g/mol. The summed E-state index contributed by atoms with van der Waals surface area (Å²) in [6.07, 6.45) is 4.05. The molecule has 10 heteroatoms. The Hall–Kier alpha value is -2.26. The topological polar surface area (TPSA) is 99.5 Å². The molecule has 1 aromatic carbocycles. The van der Waals surface area contributed by atoms with Gasteiger partial charge in [-0.1, -0.05) is 11.6 Å². The summed E-state index contributed by atoms with van der Waals surface area (Å²) in [6, 6.07) is 2.97. The molecule has 1 amide bonds. The molecule has 1 N–H and O–H groups in total. The minimum atomic E-state index is -3.05. The Kier molecular flexibility index (Phi) is 5.67. The van der Waals surface area contributed by atoms with E-state index in [9.17, 15) is 13.2 Å². The van der Waals surface area contributed by atoms with Crippen LogP contribution in [0.15, 0.2) is 12.1 Å². The third-order valence-corrected chi connectivity index (χ3v) is 7.75. The van der Waals surface area contributed by atoms with Gasteiger partial charge in [0, 0.05) is 23.4 Å². The van der Waals surface area contributed by atoms with Gasteiger partial charge in [0.15, 0.2) is 15.5 Å². The first kappa shape index (κ1) is 21.0. The molecule has 8 nitrogen and oxygen atoms in total. The van der Waals surface area contributed by atoms with E-state index >= 15 is 0 Å². The number of fused-ring (bicyclic) bond motifs is 1. The second-order valence-corrected chi connectivity index (χ2v) is 10.3. The van der Waals surface area contributed by atoms with Crippen molar-refractivity contribution in [3.05, 3.63) is 34.1 Å². The Morgan fingerprint density at radius 1 is 1.20 bits per heavy atom. The van der Waals surface area contributed by atoms with Crippen LogP contribution < -0.4 is 14.8 Å². The first-order valence-corrected chi connectivity index (χ1v) is 12.1. The molecule has 2 aliphatic rings. The van der Waals surface area contributed by atoms with Crippen molar-refractivity contribution < 1.29 is 22.7 Å². The first-order valence-electron chi connectivity index (χ1n) is 9.86. The summed E-state index contributed by atoms with van der Waals surface area (Å²) < 4.78 is 36.3. The monoisotopic (exact) mass is 453 g/mol. The van der Waals surface area contributed by atoms with Gasteiger partial charge in [-0.25, -0.2) is 8.42 Å². The molecule has 162 valence electrons. The lowest BCUT2D eigenvalue weighted by molar-refractivity contribution is 0.102. The molecule has 30 heavy (non-hydrogen) atoms. The number of hydrogen-bond acceptors (Lipinski definition) is 6. The van der Waals surface area contributed by atoms with Gasteiger partial charge in [-0.2, -0.15) is 5.10 Å².